The molecule has 0 aliphatic heterocycles. The van der Waals surface area contributed by atoms with Gasteiger partial charge in [-0.3, -0.25) is 14.2 Å². The van der Waals surface area contributed by atoms with Crippen LogP contribution in [0.2, 0.25) is 0 Å². The molecule has 0 heterocycles. The van der Waals surface area contributed by atoms with Crippen LogP contribution in [-0.2, 0) is 66.0 Å². The molecule has 278 valence electrons. The van der Waals surface area contributed by atoms with Crippen LogP contribution in [0.3, 0.4) is 0 Å². The van der Waals surface area contributed by atoms with Crippen LogP contribution in [0.15, 0.2) is 152 Å². The van der Waals surface area contributed by atoms with Gasteiger partial charge in [0.1, 0.15) is 24.9 Å². The standard InChI is InChI=1S/C43H48NO8P/c1-53(47,52-32-39-25-15-6-16-26-39)33-40(46)42(49-29-36-19-9-3-10-20-36)43(50-30-37-21-11-4-12-22-37)41(48-28-35-17-7-2-8-18-35)27-44(34-45)51-31-38-23-13-5-14-24-38/h2-26,34,40-43,46H,27-33H2,1H3/t40?,41-,42+,43-,53?/m0/s1. The molecule has 0 radical (unpaired) electrons. The molecule has 1 N–H and O–H groups in total. The summed E-state index contributed by atoms with van der Waals surface area (Å²) >= 11 is 0. The molecule has 5 atom stereocenters. The van der Waals surface area contributed by atoms with Crippen molar-refractivity contribution in [2.45, 2.75) is 57.5 Å². The van der Waals surface area contributed by atoms with Crippen LogP contribution in [0.4, 0.5) is 0 Å². The van der Waals surface area contributed by atoms with E-state index in [2.05, 4.69) is 0 Å². The minimum Gasteiger partial charge on any atom is -0.390 e. The summed E-state index contributed by atoms with van der Waals surface area (Å²) in [6.07, 6.45) is -3.85. The molecule has 0 saturated heterocycles. The highest BCUT2D eigenvalue weighted by Gasteiger charge is 2.40. The molecule has 0 saturated carbocycles. The lowest BCUT2D eigenvalue weighted by Crippen LogP contribution is -2.53. The molecule has 0 fully saturated rings. The first-order chi connectivity index (χ1) is 25.9. The molecule has 5 aromatic carbocycles. The van der Waals surface area contributed by atoms with Crippen LogP contribution in [0, 0.1) is 0 Å². The number of benzene rings is 5. The molecular weight excluding hydrogens is 689 g/mol. The highest BCUT2D eigenvalue weighted by molar-refractivity contribution is 7.58. The maximum atomic E-state index is 13.9. The number of nitrogens with zero attached hydrogens (tertiary/aromatic N) is 1. The zero-order valence-corrected chi connectivity index (χ0v) is 30.9. The van der Waals surface area contributed by atoms with Crippen molar-refractivity contribution in [1.82, 2.24) is 5.06 Å². The zero-order valence-electron chi connectivity index (χ0n) is 30.0. The molecule has 5 rings (SSSR count). The molecule has 0 aliphatic carbocycles. The first-order valence-corrected chi connectivity index (χ1v) is 19.9. The van der Waals surface area contributed by atoms with Gasteiger partial charge in [0.2, 0.25) is 13.8 Å². The van der Waals surface area contributed by atoms with Crippen LogP contribution in [0.25, 0.3) is 0 Å². The Kier molecular flexibility index (Phi) is 16.0. The number of hydrogen-bond acceptors (Lipinski definition) is 8. The van der Waals surface area contributed by atoms with Gasteiger partial charge >= 0.3 is 0 Å². The summed E-state index contributed by atoms with van der Waals surface area (Å²) in [5.74, 6) is 0. The Morgan fingerprint density at radius 1 is 0.566 bits per heavy atom. The van der Waals surface area contributed by atoms with Crippen LogP contribution in [0.1, 0.15) is 27.8 Å². The normalized spacial score (nSPS) is 14.8. The van der Waals surface area contributed by atoms with Gasteiger partial charge < -0.3 is 23.8 Å². The summed E-state index contributed by atoms with van der Waals surface area (Å²) in [6, 6.07) is 47.8. The average molecular weight is 738 g/mol. The van der Waals surface area contributed by atoms with E-state index in [4.69, 9.17) is 23.6 Å². The fraction of sp³-hybridized carbons (Fsp3) is 0.279. The topological polar surface area (TPSA) is 104 Å². The van der Waals surface area contributed by atoms with Crippen molar-refractivity contribution in [3.8, 4) is 0 Å². The number of aliphatic hydroxyl groups excluding tert-OH is 1. The SMILES string of the molecule is CP(=O)(CC(O)[C@@H](OCc1ccccc1)[C@@H](OCc1ccccc1)[C@H](CN(C=O)OCc1ccccc1)OCc1ccccc1)OCc1ccccc1. The predicted molar refractivity (Wildman–Crippen MR) is 205 cm³/mol. The van der Waals surface area contributed by atoms with E-state index >= 15 is 0 Å². The monoisotopic (exact) mass is 737 g/mol. The lowest BCUT2D eigenvalue weighted by molar-refractivity contribution is -0.215. The van der Waals surface area contributed by atoms with Crippen LogP contribution < -0.4 is 0 Å². The number of rotatable bonds is 23. The van der Waals surface area contributed by atoms with Crippen molar-refractivity contribution >= 4 is 13.8 Å². The smallest absolute Gasteiger partial charge is 0.233 e. The molecule has 0 bridgehead atoms. The van der Waals surface area contributed by atoms with Gasteiger partial charge in [-0.25, -0.2) is 5.06 Å². The number of aliphatic hydroxyl groups is 1. The second-order valence-electron chi connectivity index (χ2n) is 12.8. The third-order valence-electron chi connectivity index (χ3n) is 8.53. The van der Waals surface area contributed by atoms with E-state index in [0.29, 0.717) is 6.41 Å². The van der Waals surface area contributed by atoms with Crippen LogP contribution in [0.5, 0.6) is 0 Å². The van der Waals surface area contributed by atoms with Gasteiger partial charge in [-0.2, -0.15) is 0 Å². The third kappa shape index (κ3) is 13.8. The molecule has 0 aromatic heterocycles. The van der Waals surface area contributed by atoms with Crippen molar-refractivity contribution in [1.29, 1.82) is 0 Å². The summed E-state index contributed by atoms with van der Waals surface area (Å²) in [7, 11) is -3.37. The Morgan fingerprint density at radius 3 is 1.38 bits per heavy atom. The number of carbonyl (C=O) groups excluding carboxylic acids is 1. The minimum atomic E-state index is -3.37. The van der Waals surface area contributed by atoms with Gasteiger partial charge in [0.05, 0.1) is 45.2 Å². The lowest BCUT2D eigenvalue weighted by atomic mass is 10.0. The van der Waals surface area contributed by atoms with E-state index in [9.17, 15) is 14.5 Å². The Bertz CT molecular complexity index is 1780. The van der Waals surface area contributed by atoms with Crippen molar-refractivity contribution in [2.75, 3.05) is 19.4 Å². The molecule has 2 unspecified atom stereocenters. The predicted octanol–water partition coefficient (Wildman–Crippen LogP) is 7.82. The molecule has 9 nitrogen and oxygen atoms in total. The van der Waals surface area contributed by atoms with Crippen molar-refractivity contribution < 1.29 is 38.0 Å². The molecule has 0 aliphatic rings. The van der Waals surface area contributed by atoms with Gasteiger partial charge in [0.15, 0.2) is 0 Å². The molecule has 1 amide bonds. The van der Waals surface area contributed by atoms with E-state index in [1.807, 2.05) is 152 Å². The number of hydroxylamine groups is 2. The summed E-state index contributed by atoms with van der Waals surface area (Å²) in [5.41, 5.74) is 4.40. The van der Waals surface area contributed by atoms with Crippen molar-refractivity contribution in [2.24, 2.45) is 0 Å². The summed E-state index contributed by atoms with van der Waals surface area (Å²) in [6.45, 7) is 2.18. The van der Waals surface area contributed by atoms with E-state index in [1.54, 1.807) is 0 Å². The molecule has 10 heteroatoms. The highest BCUT2D eigenvalue weighted by atomic mass is 31.2. The van der Waals surface area contributed by atoms with Gasteiger partial charge in [0, 0.05) is 6.66 Å². The largest absolute Gasteiger partial charge is 0.390 e. The van der Waals surface area contributed by atoms with E-state index in [-0.39, 0.29) is 45.7 Å². The second-order valence-corrected chi connectivity index (χ2v) is 15.5. The zero-order chi connectivity index (χ0) is 37.1. The van der Waals surface area contributed by atoms with Crippen molar-refractivity contribution in [3.05, 3.63) is 179 Å². The maximum Gasteiger partial charge on any atom is 0.233 e. The Balaban J connectivity index is 1.46. The number of carbonyl (C=O) groups is 1. The Morgan fingerprint density at radius 2 is 0.943 bits per heavy atom. The van der Waals surface area contributed by atoms with Crippen molar-refractivity contribution in [3.63, 3.8) is 0 Å². The second kappa shape index (κ2) is 21.3. The molecule has 53 heavy (non-hydrogen) atoms. The number of ether oxygens (including phenoxy) is 3. The molecule has 5 aromatic rings. The summed E-state index contributed by atoms with van der Waals surface area (Å²) in [4.78, 5) is 18.5. The summed E-state index contributed by atoms with van der Waals surface area (Å²) < 4.78 is 39.6. The first-order valence-electron chi connectivity index (χ1n) is 17.7. The molecule has 0 spiro atoms. The quantitative estimate of drug-likeness (QED) is 0.0412. The lowest BCUT2D eigenvalue weighted by Gasteiger charge is -2.37. The maximum absolute atomic E-state index is 13.9. The Labute approximate surface area is 312 Å². The fourth-order valence-corrected chi connectivity index (χ4v) is 7.13. The van der Waals surface area contributed by atoms with Crippen LogP contribution >= 0.6 is 7.37 Å². The van der Waals surface area contributed by atoms with E-state index in [1.165, 1.54) is 11.7 Å². The number of amides is 1. The van der Waals surface area contributed by atoms with Gasteiger partial charge in [-0.05, 0) is 27.8 Å². The van der Waals surface area contributed by atoms with Crippen LogP contribution in [-0.4, -0.2) is 60.4 Å². The average Bonchev–Trinajstić information content (AvgIpc) is 3.20. The van der Waals surface area contributed by atoms with Gasteiger partial charge in [0.25, 0.3) is 0 Å². The van der Waals surface area contributed by atoms with E-state index in [0.717, 1.165) is 27.8 Å². The van der Waals surface area contributed by atoms with Gasteiger partial charge in [-0.15, -0.1) is 0 Å². The highest BCUT2D eigenvalue weighted by Crippen LogP contribution is 2.45. The van der Waals surface area contributed by atoms with Gasteiger partial charge in [-0.1, -0.05) is 152 Å². The fourth-order valence-electron chi connectivity index (χ4n) is 5.72. The minimum absolute atomic E-state index is 0.0607. The number of hydrogen-bond donors (Lipinski definition) is 1. The molecular formula is C43H48NO8P. The first kappa shape index (κ1) is 39.8. The third-order valence-corrected chi connectivity index (χ3v) is 10.2. The van der Waals surface area contributed by atoms with E-state index < -0.39 is 31.8 Å². The summed E-state index contributed by atoms with van der Waals surface area (Å²) in [5, 5.41) is 13.2. The Hall–Kier alpha value is -4.44.